The molecule has 2 aromatic rings. The minimum absolute atomic E-state index is 0.199. The van der Waals surface area contributed by atoms with Crippen molar-refractivity contribution in [2.45, 2.75) is 84.2 Å². The zero-order valence-corrected chi connectivity index (χ0v) is 22.6. The largest absolute Gasteiger partial charge is 0.404 e. The second kappa shape index (κ2) is 10.4. The van der Waals surface area contributed by atoms with E-state index in [9.17, 15) is 14.4 Å². The van der Waals surface area contributed by atoms with Crippen LogP contribution in [0.1, 0.15) is 81.6 Å². The fourth-order valence-electron chi connectivity index (χ4n) is 6.39. The lowest BCUT2D eigenvalue weighted by molar-refractivity contribution is -0.134. The molecule has 3 aliphatic rings. The lowest BCUT2D eigenvalue weighted by Gasteiger charge is -2.31. The first-order valence-corrected chi connectivity index (χ1v) is 13.8. The average molecular weight is 515 g/mol. The molecule has 1 aliphatic carbocycles. The van der Waals surface area contributed by atoms with Crippen molar-refractivity contribution in [3.8, 4) is 0 Å². The molecule has 0 spiro atoms. The molecule has 0 aromatic heterocycles. The lowest BCUT2D eigenvalue weighted by atomic mass is 9.76. The van der Waals surface area contributed by atoms with Crippen molar-refractivity contribution in [2.75, 3.05) is 4.90 Å². The number of hydrogen-bond acceptors (Lipinski definition) is 5. The highest BCUT2D eigenvalue weighted by molar-refractivity contribution is 6.27. The number of nitrogens with one attached hydrogen (secondary N) is 1. The van der Waals surface area contributed by atoms with E-state index in [0.717, 1.165) is 46.4 Å². The molecule has 200 valence electrons. The van der Waals surface area contributed by atoms with Crippen LogP contribution in [0.3, 0.4) is 0 Å². The number of amides is 3. The molecule has 3 N–H and O–H groups in total. The molecule has 2 aromatic carbocycles. The van der Waals surface area contributed by atoms with Gasteiger partial charge >= 0.3 is 0 Å². The highest BCUT2D eigenvalue weighted by Crippen LogP contribution is 2.41. The van der Waals surface area contributed by atoms with Gasteiger partial charge in [-0.05, 0) is 84.7 Å². The van der Waals surface area contributed by atoms with Gasteiger partial charge in [0, 0.05) is 36.0 Å². The van der Waals surface area contributed by atoms with Crippen LogP contribution in [-0.2, 0) is 16.0 Å². The molecule has 5 rings (SSSR count). The molecule has 2 heterocycles. The Morgan fingerprint density at radius 3 is 2.53 bits per heavy atom. The summed E-state index contributed by atoms with van der Waals surface area (Å²) in [6.07, 6.45) is 10.7. The summed E-state index contributed by atoms with van der Waals surface area (Å²) in [5, 5.41) is 4.20. The van der Waals surface area contributed by atoms with E-state index < -0.39 is 11.9 Å². The summed E-state index contributed by atoms with van der Waals surface area (Å²) < 4.78 is 0. The Hall–Kier alpha value is -3.48. The minimum Gasteiger partial charge on any atom is -0.404 e. The molecule has 1 saturated carbocycles. The van der Waals surface area contributed by atoms with Crippen molar-refractivity contribution in [3.63, 3.8) is 0 Å². The summed E-state index contributed by atoms with van der Waals surface area (Å²) in [7, 11) is 0. The summed E-state index contributed by atoms with van der Waals surface area (Å²) in [6.45, 7) is 6.95. The van der Waals surface area contributed by atoms with Crippen LogP contribution in [0, 0.1) is 11.3 Å². The maximum atomic E-state index is 13.4. The predicted octanol–water partition coefficient (Wildman–Crippen LogP) is 5.06. The van der Waals surface area contributed by atoms with E-state index >= 15 is 0 Å². The van der Waals surface area contributed by atoms with E-state index in [1.54, 1.807) is 17.2 Å². The Morgan fingerprint density at radius 1 is 1.08 bits per heavy atom. The number of aliphatic imine (C=N–C) groups is 1. The first kappa shape index (κ1) is 26.1. The van der Waals surface area contributed by atoms with Gasteiger partial charge in [-0.25, -0.2) is 0 Å². The number of allylic oxidation sites excluding steroid dienone is 1. The molecule has 1 atom stereocenters. The van der Waals surface area contributed by atoms with Crippen LogP contribution in [0.25, 0.3) is 10.8 Å². The van der Waals surface area contributed by atoms with Gasteiger partial charge in [0.25, 0.3) is 5.91 Å². The quantitative estimate of drug-likeness (QED) is 0.415. The van der Waals surface area contributed by atoms with Gasteiger partial charge in [0.1, 0.15) is 6.04 Å². The lowest BCUT2D eigenvalue weighted by Crippen LogP contribution is -2.53. The molecule has 7 nitrogen and oxygen atoms in total. The molecule has 0 radical (unpaired) electrons. The number of nitrogens with zero attached hydrogens (tertiary/aromatic N) is 2. The summed E-state index contributed by atoms with van der Waals surface area (Å²) in [5.41, 5.74) is 9.70. The topological polar surface area (TPSA) is 105 Å². The monoisotopic (exact) mass is 514 g/mol. The van der Waals surface area contributed by atoms with E-state index in [1.807, 2.05) is 30.5 Å². The number of carbonyl (C=O) groups is 3. The van der Waals surface area contributed by atoms with Gasteiger partial charge in [-0.1, -0.05) is 39.0 Å². The number of nitrogens with two attached hydrogens (primary N) is 1. The smallest absolute Gasteiger partial charge is 0.259 e. The second-order valence-electron chi connectivity index (χ2n) is 12.2. The van der Waals surface area contributed by atoms with Crippen molar-refractivity contribution in [1.82, 2.24) is 5.32 Å². The molecule has 0 bridgehead atoms. The third-order valence-corrected chi connectivity index (χ3v) is 8.12. The Balaban J connectivity index is 1.33. The van der Waals surface area contributed by atoms with Crippen LogP contribution in [0.15, 0.2) is 47.1 Å². The first-order valence-electron chi connectivity index (χ1n) is 13.8. The number of benzene rings is 2. The Kier molecular flexibility index (Phi) is 7.12. The van der Waals surface area contributed by atoms with Crippen LogP contribution >= 0.6 is 0 Å². The van der Waals surface area contributed by atoms with E-state index in [0.29, 0.717) is 29.9 Å². The van der Waals surface area contributed by atoms with Crippen molar-refractivity contribution in [1.29, 1.82) is 0 Å². The maximum Gasteiger partial charge on any atom is 0.259 e. The van der Waals surface area contributed by atoms with Crippen molar-refractivity contribution >= 4 is 40.4 Å². The van der Waals surface area contributed by atoms with E-state index in [4.69, 9.17) is 10.7 Å². The molecular formula is C31H38N4O3. The highest BCUT2D eigenvalue weighted by atomic mass is 16.2. The third kappa shape index (κ3) is 5.24. The molecule has 38 heavy (non-hydrogen) atoms. The van der Waals surface area contributed by atoms with Gasteiger partial charge in [-0.2, -0.15) is 0 Å². The van der Waals surface area contributed by atoms with Gasteiger partial charge in [-0.3, -0.25) is 29.6 Å². The fraction of sp³-hybridized carbons (Fsp3) is 0.484. The van der Waals surface area contributed by atoms with Gasteiger partial charge < -0.3 is 5.73 Å². The third-order valence-electron chi connectivity index (χ3n) is 8.12. The summed E-state index contributed by atoms with van der Waals surface area (Å²) >= 11 is 0. The normalized spacial score (nSPS) is 24.5. The molecule has 7 heteroatoms. The van der Waals surface area contributed by atoms with Crippen LogP contribution in [0.4, 0.5) is 5.69 Å². The molecule has 2 aliphatic heterocycles. The van der Waals surface area contributed by atoms with Crippen LogP contribution < -0.4 is 16.0 Å². The van der Waals surface area contributed by atoms with Crippen LogP contribution in [-0.4, -0.2) is 36.0 Å². The molecule has 2 fully saturated rings. The number of anilines is 1. The van der Waals surface area contributed by atoms with Crippen LogP contribution in [0.2, 0.25) is 0 Å². The number of imide groups is 1. The number of hydrogen-bond donors (Lipinski definition) is 2. The summed E-state index contributed by atoms with van der Waals surface area (Å²) in [5.74, 6) is -0.120. The Bertz CT molecular complexity index is 1330. The zero-order chi connectivity index (χ0) is 27.0. The van der Waals surface area contributed by atoms with Crippen LogP contribution in [0.5, 0.6) is 0 Å². The number of piperidine rings is 1. The maximum absolute atomic E-state index is 13.4. The minimum atomic E-state index is -0.688. The Labute approximate surface area is 224 Å². The van der Waals surface area contributed by atoms with Crippen molar-refractivity contribution < 1.29 is 14.4 Å². The SMILES string of the molecule is CC(C)(C)CC1CCC(N=CC(=CN)Cc2ccc3c4c(cccc24)C(=O)N3C2CCC(=O)NC2=O)CC1. The van der Waals surface area contributed by atoms with Gasteiger partial charge in [0.2, 0.25) is 11.8 Å². The van der Waals surface area contributed by atoms with Crippen molar-refractivity contribution in [3.05, 3.63) is 53.2 Å². The van der Waals surface area contributed by atoms with Crippen molar-refractivity contribution in [2.24, 2.45) is 22.1 Å². The zero-order valence-electron chi connectivity index (χ0n) is 22.6. The van der Waals surface area contributed by atoms with Gasteiger partial charge in [-0.15, -0.1) is 0 Å². The van der Waals surface area contributed by atoms with E-state index in [-0.39, 0.29) is 18.2 Å². The first-order chi connectivity index (χ1) is 18.1. The number of carbonyl (C=O) groups excluding carboxylic acids is 3. The molecule has 3 amide bonds. The average Bonchev–Trinajstić information content (AvgIpc) is 3.16. The van der Waals surface area contributed by atoms with E-state index in [1.165, 1.54) is 19.3 Å². The van der Waals surface area contributed by atoms with E-state index in [2.05, 4.69) is 26.1 Å². The summed E-state index contributed by atoms with van der Waals surface area (Å²) in [4.78, 5) is 44.1. The van der Waals surface area contributed by atoms with Gasteiger partial charge in [0.15, 0.2) is 0 Å². The second-order valence-corrected chi connectivity index (χ2v) is 12.2. The standard InChI is InChI=1S/C31H38N4O3/c1-31(2,3)16-19-7-10-22(11-8-19)33-18-20(17-32)15-21-9-12-25-28-23(21)5-4-6-24(28)30(38)35(25)26-13-14-27(36)34-29(26)37/h4-6,9,12,17-19,22,26H,7-8,10-11,13-16,32H2,1-3H3,(H,34,36,37). The molecule has 1 unspecified atom stereocenters. The molecular weight excluding hydrogens is 476 g/mol. The highest BCUT2D eigenvalue weighted by Gasteiger charge is 2.40. The predicted molar refractivity (Wildman–Crippen MR) is 151 cm³/mol. The Morgan fingerprint density at radius 2 is 1.84 bits per heavy atom. The summed E-state index contributed by atoms with van der Waals surface area (Å²) in [6, 6.07) is 9.28. The van der Waals surface area contributed by atoms with Gasteiger partial charge in [0.05, 0.1) is 5.69 Å². The fourth-order valence-corrected chi connectivity index (χ4v) is 6.39. The number of rotatable bonds is 6. The molecule has 1 saturated heterocycles.